The second-order valence-corrected chi connectivity index (χ2v) is 6.36. The molecule has 0 spiro atoms. The van der Waals surface area contributed by atoms with Gasteiger partial charge in [0, 0.05) is 18.2 Å². The number of hydrogen-bond acceptors (Lipinski definition) is 2. The predicted octanol–water partition coefficient (Wildman–Crippen LogP) is 2.79. The number of nitrogens with zero attached hydrogens (tertiary/aromatic N) is 1. The van der Waals surface area contributed by atoms with E-state index >= 15 is 0 Å². The van der Waals surface area contributed by atoms with E-state index in [0.717, 1.165) is 42.9 Å². The summed E-state index contributed by atoms with van der Waals surface area (Å²) >= 11 is 0. The summed E-state index contributed by atoms with van der Waals surface area (Å²) in [4.78, 5) is 26.4. The van der Waals surface area contributed by atoms with Gasteiger partial charge < -0.3 is 10.2 Å². The molecule has 3 rings (SSSR count). The third kappa shape index (κ3) is 3.09. The zero-order chi connectivity index (χ0) is 14.8. The van der Waals surface area contributed by atoms with Crippen LogP contribution in [0.25, 0.3) is 0 Å². The Morgan fingerprint density at radius 3 is 2.62 bits per heavy atom. The first kappa shape index (κ1) is 14.1. The van der Waals surface area contributed by atoms with Crippen LogP contribution in [-0.4, -0.2) is 23.3 Å². The summed E-state index contributed by atoms with van der Waals surface area (Å²) in [6.45, 7) is 2.94. The highest BCUT2D eigenvalue weighted by molar-refractivity contribution is 5.96. The molecular weight excluding hydrogens is 264 g/mol. The Balaban J connectivity index is 1.76. The molecule has 1 saturated carbocycles. The number of amides is 2. The minimum Gasteiger partial charge on any atom is -0.329 e. The van der Waals surface area contributed by atoms with E-state index in [2.05, 4.69) is 12.2 Å². The Morgan fingerprint density at radius 2 is 1.86 bits per heavy atom. The molecule has 0 bridgehead atoms. The number of para-hydroxylation sites is 1. The number of benzene rings is 1. The van der Waals surface area contributed by atoms with E-state index in [1.165, 1.54) is 0 Å². The van der Waals surface area contributed by atoms with Crippen molar-refractivity contribution in [3.63, 3.8) is 0 Å². The third-order valence-corrected chi connectivity index (χ3v) is 4.66. The smallest absolute Gasteiger partial charge is 0.244 e. The summed E-state index contributed by atoms with van der Waals surface area (Å²) < 4.78 is 0. The van der Waals surface area contributed by atoms with Crippen molar-refractivity contribution >= 4 is 17.5 Å². The van der Waals surface area contributed by atoms with Gasteiger partial charge in [0.2, 0.25) is 11.8 Å². The molecule has 0 radical (unpaired) electrons. The monoisotopic (exact) mass is 286 g/mol. The largest absolute Gasteiger partial charge is 0.329 e. The molecule has 21 heavy (non-hydrogen) atoms. The first-order valence-corrected chi connectivity index (χ1v) is 7.80. The molecule has 1 aliphatic heterocycles. The summed E-state index contributed by atoms with van der Waals surface area (Å²) in [6.07, 6.45) is 4.15. The zero-order valence-corrected chi connectivity index (χ0v) is 12.5. The molecule has 1 aromatic rings. The molecule has 4 nitrogen and oxygen atoms in total. The third-order valence-electron chi connectivity index (χ3n) is 4.66. The van der Waals surface area contributed by atoms with Gasteiger partial charge in [-0.05, 0) is 43.2 Å². The van der Waals surface area contributed by atoms with Crippen LogP contribution in [0.2, 0.25) is 0 Å². The van der Waals surface area contributed by atoms with Crippen molar-refractivity contribution in [3.8, 4) is 0 Å². The number of hydrogen-bond donors (Lipinski definition) is 1. The average molecular weight is 286 g/mol. The lowest BCUT2D eigenvalue weighted by molar-refractivity contribution is -0.140. The van der Waals surface area contributed by atoms with Crippen molar-refractivity contribution in [3.05, 3.63) is 29.8 Å². The van der Waals surface area contributed by atoms with Gasteiger partial charge in [0.05, 0.1) is 0 Å². The molecule has 1 N–H and O–H groups in total. The minimum absolute atomic E-state index is 0.0965. The lowest BCUT2D eigenvalue weighted by Crippen LogP contribution is -2.40. The number of carbonyl (C=O) groups excluding carboxylic acids is 2. The molecule has 112 valence electrons. The van der Waals surface area contributed by atoms with Crippen molar-refractivity contribution < 1.29 is 9.59 Å². The van der Waals surface area contributed by atoms with E-state index in [9.17, 15) is 9.59 Å². The van der Waals surface area contributed by atoms with Gasteiger partial charge in [-0.25, -0.2) is 0 Å². The van der Waals surface area contributed by atoms with Crippen molar-refractivity contribution in [2.45, 2.75) is 39.2 Å². The highest BCUT2D eigenvalue weighted by atomic mass is 16.2. The van der Waals surface area contributed by atoms with Crippen molar-refractivity contribution in [1.82, 2.24) is 4.90 Å². The van der Waals surface area contributed by atoms with Gasteiger partial charge in [0.15, 0.2) is 0 Å². The van der Waals surface area contributed by atoms with Crippen molar-refractivity contribution in [2.24, 2.45) is 11.8 Å². The van der Waals surface area contributed by atoms with Crippen LogP contribution in [0.4, 0.5) is 5.69 Å². The Hall–Kier alpha value is -1.84. The zero-order valence-electron chi connectivity index (χ0n) is 12.5. The lowest BCUT2D eigenvalue weighted by Gasteiger charge is -2.30. The summed E-state index contributed by atoms with van der Waals surface area (Å²) in [5.74, 6) is 0.868. The fourth-order valence-electron chi connectivity index (χ4n) is 3.33. The van der Waals surface area contributed by atoms with Crippen LogP contribution in [0.5, 0.6) is 0 Å². The Labute approximate surface area is 125 Å². The van der Waals surface area contributed by atoms with Gasteiger partial charge in [0.25, 0.3) is 0 Å². The molecular formula is C17H22N2O2. The molecule has 2 amide bonds. The van der Waals surface area contributed by atoms with E-state index in [4.69, 9.17) is 0 Å². The van der Waals surface area contributed by atoms with Crippen LogP contribution in [0.1, 0.15) is 38.2 Å². The fourth-order valence-corrected chi connectivity index (χ4v) is 3.33. The summed E-state index contributed by atoms with van der Waals surface area (Å²) in [5.41, 5.74) is 1.84. The van der Waals surface area contributed by atoms with Crippen LogP contribution in [-0.2, 0) is 16.1 Å². The maximum atomic E-state index is 12.7. The molecule has 0 saturated heterocycles. The van der Waals surface area contributed by atoms with E-state index in [-0.39, 0.29) is 24.3 Å². The summed E-state index contributed by atoms with van der Waals surface area (Å²) in [6, 6.07) is 7.72. The van der Waals surface area contributed by atoms with Gasteiger partial charge in [-0.15, -0.1) is 0 Å². The van der Waals surface area contributed by atoms with Crippen LogP contribution in [0.15, 0.2) is 24.3 Å². The first-order valence-electron chi connectivity index (χ1n) is 7.80. The number of nitrogens with one attached hydrogen (secondary N) is 1. The SMILES string of the molecule is CC1CCC(C(=O)N2CC(=O)Nc3ccccc3C2)CC1. The maximum Gasteiger partial charge on any atom is 0.244 e. The highest BCUT2D eigenvalue weighted by Crippen LogP contribution is 2.30. The average Bonchev–Trinajstić information content (AvgIpc) is 2.65. The second-order valence-electron chi connectivity index (χ2n) is 6.36. The first-order chi connectivity index (χ1) is 10.1. The van der Waals surface area contributed by atoms with E-state index in [0.29, 0.717) is 6.54 Å². The molecule has 1 aliphatic carbocycles. The van der Waals surface area contributed by atoms with E-state index < -0.39 is 0 Å². The van der Waals surface area contributed by atoms with Gasteiger partial charge >= 0.3 is 0 Å². The number of fused-ring (bicyclic) bond motifs is 1. The standard InChI is InChI=1S/C17H22N2O2/c1-12-6-8-13(9-7-12)17(21)19-10-14-4-2-3-5-15(14)18-16(20)11-19/h2-5,12-13H,6-11H2,1H3,(H,18,20). The van der Waals surface area contributed by atoms with E-state index in [1.807, 2.05) is 24.3 Å². The molecule has 1 fully saturated rings. The lowest BCUT2D eigenvalue weighted by atomic mass is 9.82. The van der Waals surface area contributed by atoms with Gasteiger partial charge in [-0.3, -0.25) is 9.59 Å². The molecule has 0 aromatic heterocycles. The maximum absolute atomic E-state index is 12.7. The fraction of sp³-hybridized carbons (Fsp3) is 0.529. The second kappa shape index (κ2) is 5.88. The number of anilines is 1. The summed E-state index contributed by atoms with van der Waals surface area (Å²) in [5, 5.41) is 2.88. The number of carbonyl (C=O) groups is 2. The molecule has 1 heterocycles. The Bertz CT molecular complexity index is 547. The number of rotatable bonds is 1. The quantitative estimate of drug-likeness (QED) is 0.863. The highest BCUT2D eigenvalue weighted by Gasteiger charge is 2.30. The Morgan fingerprint density at radius 1 is 1.14 bits per heavy atom. The summed E-state index contributed by atoms with van der Waals surface area (Å²) in [7, 11) is 0. The van der Waals surface area contributed by atoms with Crippen LogP contribution in [0.3, 0.4) is 0 Å². The normalized spacial score (nSPS) is 25.8. The van der Waals surface area contributed by atoms with Crippen molar-refractivity contribution in [1.29, 1.82) is 0 Å². The minimum atomic E-state index is -0.0996. The topological polar surface area (TPSA) is 49.4 Å². The van der Waals surface area contributed by atoms with Crippen LogP contribution < -0.4 is 5.32 Å². The van der Waals surface area contributed by atoms with Gasteiger partial charge in [-0.2, -0.15) is 0 Å². The molecule has 4 heteroatoms. The molecule has 0 unspecified atom stereocenters. The predicted molar refractivity (Wildman–Crippen MR) is 81.6 cm³/mol. The molecule has 0 atom stereocenters. The Kier molecular flexibility index (Phi) is 3.95. The molecule has 2 aliphatic rings. The van der Waals surface area contributed by atoms with Crippen LogP contribution in [0, 0.1) is 11.8 Å². The molecule has 1 aromatic carbocycles. The van der Waals surface area contributed by atoms with Crippen molar-refractivity contribution in [2.75, 3.05) is 11.9 Å². The van der Waals surface area contributed by atoms with Gasteiger partial charge in [0.1, 0.15) is 6.54 Å². The van der Waals surface area contributed by atoms with Gasteiger partial charge in [-0.1, -0.05) is 25.1 Å². The van der Waals surface area contributed by atoms with E-state index in [1.54, 1.807) is 4.90 Å². The van der Waals surface area contributed by atoms with Crippen LogP contribution >= 0.6 is 0 Å².